The first kappa shape index (κ1) is 19.4. The molecule has 136 valence electrons. The molecule has 0 bridgehead atoms. The number of benzene rings is 2. The van der Waals surface area contributed by atoms with Gasteiger partial charge in [0.2, 0.25) is 0 Å². The van der Waals surface area contributed by atoms with Crippen molar-refractivity contribution in [2.24, 2.45) is 0 Å². The third kappa shape index (κ3) is 4.36. The number of aldehydes is 1. The van der Waals surface area contributed by atoms with Crippen LogP contribution in [0.4, 0.5) is 0 Å². The van der Waals surface area contributed by atoms with E-state index in [1.165, 1.54) is 13.2 Å². The van der Waals surface area contributed by atoms with Crippen molar-refractivity contribution in [1.82, 2.24) is 0 Å². The van der Waals surface area contributed by atoms with Crippen LogP contribution in [0, 0.1) is 6.92 Å². The van der Waals surface area contributed by atoms with Crippen molar-refractivity contribution in [3.05, 3.63) is 58.7 Å². The molecule has 0 aliphatic carbocycles. The summed E-state index contributed by atoms with van der Waals surface area (Å²) in [5.41, 5.74) is 2.24. The lowest BCUT2D eigenvalue weighted by atomic mass is 9.93. The maximum Gasteiger partial charge on any atom is 0.338 e. The predicted molar refractivity (Wildman–Crippen MR) is 98.5 cm³/mol. The highest BCUT2D eigenvalue weighted by Crippen LogP contribution is 2.29. The Bertz CT molecular complexity index is 859. The van der Waals surface area contributed by atoms with Gasteiger partial charge in [-0.1, -0.05) is 23.8 Å². The number of carbonyl (C=O) groups is 3. The largest absolute Gasteiger partial charge is 0.465 e. The smallest absolute Gasteiger partial charge is 0.338 e. The van der Waals surface area contributed by atoms with Gasteiger partial charge in [0.25, 0.3) is 0 Å². The van der Waals surface area contributed by atoms with Crippen LogP contribution >= 0.6 is 0 Å². The van der Waals surface area contributed by atoms with E-state index in [2.05, 4.69) is 0 Å². The molecular formula is C21H22O5. The third-order valence-electron chi connectivity index (χ3n) is 3.69. The molecule has 0 unspecified atom stereocenters. The molecule has 0 amide bonds. The van der Waals surface area contributed by atoms with Crippen molar-refractivity contribution in [3.63, 3.8) is 0 Å². The fourth-order valence-corrected chi connectivity index (χ4v) is 2.53. The Balaban J connectivity index is 2.62. The number of ether oxygens (including phenoxy) is 2. The van der Waals surface area contributed by atoms with Gasteiger partial charge in [-0.2, -0.15) is 0 Å². The number of carbonyl (C=O) groups excluding carboxylic acids is 3. The van der Waals surface area contributed by atoms with E-state index in [1.807, 2.05) is 13.0 Å². The molecule has 0 aliphatic rings. The molecule has 0 spiro atoms. The molecule has 5 heteroatoms. The summed E-state index contributed by atoms with van der Waals surface area (Å²) >= 11 is 0. The lowest BCUT2D eigenvalue weighted by Gasteiger charge is -2.20. The van der Waals surface area contributed by atoms with Gasteiger partial charge in [-0.25, -0.2) is 9.59 Å². The minimum Gasteiger partial charge on any atom is -0.465 e. The van der Waals surface area contributed by atoms with Crippen molar-refractivity contribution in [2.75, 3.05) is 7.11 Å². The quantitative estimate of drug-likeness (QED) is 0.607. The second-order valence-corrected chi connectivity index (χ2v) is 6.96. The minimum atomic E-state index is -0.637. The van der Waals surface area contributed by atoms with Crippen molar-refractivity contribution in [3.8, 4) is 11.1 Å². The molecule has 0 atom stereocenters. The Morgan fingerprint density at radius 1 is 0.962 bits per heavy atom. The summed E-state index contributed by atoms with van der Waals surface area (Å²) in [6, 6.07) is 9.90. The molecule has 26 heavy (non-hydrogen) atoms. The van der Waals surface area contributed by atoms with Gasteiger partial charge in [-0.05, 0) is 57.0 Å². The molecule has 2 rings (SSSR count). The second kappa shape index (κ2) is 7.52. The average Bonchev–Trinajstić information content (AvgIpc) is 2.59. The van der Waals surface area contributed by atoms with E-state index >= 15 is 0 Å². The molecule has 0 saturated carbocycles. The molecule has 0 saturated heterocycles. The van der Waals surface area contributed by atoms with E-state index in [-0.39, 0.29) is 0 Å². The van der Waals surface area contributed by atoms with Gasteiger partial charge in [0, 0.05) is 5.56 Å². The summed E-state index contributed by atoms with van der Waals surface area (Å²) in [6.07, 6.45) is 0.690. The number of esters is 2. The van der Waals surface area contributed by atoms with Crippen LogP contribution in [0.3, 0.4) is 0 Å². The molecule has 0 radical (unpaired) electrons. The zero-order valence-corrected chi connectivity index (χ0v) is 15.6. The number of aryl methyl sites for hydroxylation is 1. The van der Waals surface area contributed by atoms with Crippen LogP contribution in [-0.2, 0) is 9.47 Å². The SMILES string of the molecule is COC(=O)c1cc(C)ccc1-c1cc(C(=O)OC(C)(C)C)ccc1C=O. The molecule has 0 fully saturated rings. The monoisotopic (exact) mass is 354 g/mol. The van der Waals surface area contributed by atoms with Gasteiger partial charge < -0.3 is 9.47 Å². The number of hydrogen-bond donors (Lipinski definition) is 0. The molecule has 0 aromatic heterocycles. The van der Waals surface area contributed by atoms with Crippen LogP contribution in [0.2, 0.25) is 0 Å². The zero-order chi connectivity index (χ0) is 19.5. The second-order valence-electron chi connectivity index (χ2n) is 6.96. The lowest BCUT2D eigenvalue weighted by molar-refractivity contribution is 0.00692. The highest BCUT2D eigenvalue weighted by molar-refractivity contribution is 6.02. The van der Waals surface area contributed by atoms with Crippen LogP contribution in [0.1, 0.15) is 57.4 Å². The summed E-state index contributed by atoms with van der Waals surface area (Å²) < 4.78 is 10.2. The van der Waals surface area contributed by atoms with Crippen molar-refractivity contribution in [1.29, 1.82) is 0 Å². The molecule has 2 aromatic rings. The summed E-state index contributed by atoms with van der Waals surface area (Å²) in [5.74, 6) is -1.01. The first-order valence-corrected chi connectivity index (χ1v) is 8.18. The fourth-order valence-electron chi connectivity index (χ4n) is 2.53. The van der Waals surface area contributed by atoms with Crippen LogP contribution in [0.15, 0.2) is 36.4 Å². The Morgan fingerprint density at radius 2 is 1.65 bits per heavy atom. The van der Waals surface area contributed by atoms with Crippen LogP contribution in [-0.4, -0.2) is 30.9 Å². The maximum absolute atomic E-state index is 12.4. The standard InChI is InChI=1S/C21H22O5/c1-13-6-9-16(18(10-13)20(24)25-5)17-11-14(7-8-15(17)12-22)19(23)26-21(2,3)4/h6-12H,1-5H3. The Morgan fingerprint density at radius 3 is 2.23 bits per heavy atom. The topological polar surface area (TPSA) is 69.7 Å². The van der Waals surface area contributed by atoms with Gasteiger partial charge in [0.15, 0.2) is 6.29 Å². The molecular weight excluding hydrogens is 332 g/mol. The average molecular weight is 354 g/mol. The van der Waals surface area contributed by atoms with Gasteiger partial charge >= 0.3 is 11.9 Å². The van der Waals surface area contributed by atoms with Crippen molar-refractivity contribution in [2.45, 2.75) is 33.3 Å². The van der Waals surface area contributed by atoms with E-state index in [0.29, 0.717) is 34.1 Å². The van der Waals surface area contributed by atoms with Crippen molar-refractivity contribution >= 4 is 18.2 Å². The van der Waals surface area contributed by atoms with Gasteiger partial charge in [0.1, 0.15) is 5.60 Å². The molecule has 2 aromatic carbocycles. The number of hydrogen-bond acceptors (Lipinski definition) is 5. The minimum absolute atomic E-state index is 0.303. The molecule has 0 heterocycles. The summed E-state index contributed by atoms with van der Waals surface area (Å²) in [5, 5.41) is 0. The van der Waals surface area contributed by atoms with Crippen LogP contribution in [0.25, 0.3) is 11.1 Å². The van der Waals surface area contributed by atoms with Gasteiger partial charge in [-0.3, -0.25) is 4.79 Å². The normalized spacial score (nSPS) is 11.0. The zero-order valence-electron chi connectivity index (χ0n) is 15.6. The van der Waals surface area contributed by atoms with E-state index in [9.17, 15) is 14.4 Å². The van der Waals surface area contributed by atoms with Crippen LogP contribution in [0.5, 0.6) is 0 Å². The lowest BCUT2D eigenvalue weighted by Crippen LogP contribution is -2.24. The highest BCUT2D eigenvalue weighted by atomic mass is 16.6. The van der Waals surface area contributed by atoms with E-state index in [1.54, 1.807) is 45.0 Å². The fraction of sp³-hybridized carbons (Fsp3) is 0.286. The van der Waals surface area contributed by atoms with Gasteiger partial charge in [0.05, 0.1) is 18.2 Å². The summed E-state index contributed by atoms with van der Waals surface area (Å²) in [7, 11) is 1.30. The maximum atomic E-state index is 12.4. The number of methoxy groups -OCH3 is 1. The van der Waals surface area contributed by atoms with Crippen molar-refractivity contribution < 1.29 is 23.9 Å². The summed E-state index contributed by atoms with van der Waals surface area (Å²) in [6.45, 7) is 7.19. The first-order chi connectivity index (χ1) is 12.2. The molecule has 0 N–H and O–H groups in total. The molecule has 5 nitrogen and oxygen atoms in total. The third-order valence-corrected chi connectivity index (χ3v) is 3.69. The predicted octanol–water partition coefficient (Wildman–Crippen LogP) is 4.22. The Kier molecular flexibility index (Phi) is 5.60. The Labute approximate surface area is 152 Å². The van der Waals surface area contributed by atoms with E-state index in [0.717, 1.165) is 5.56 Å². The number of rotatable bonds is 4. The van der Waals surface area contributed by atoms with Crippen LogP contribution < -0.4 is 0 Å². The highest BCUT2D eigenvalue weighted by Gasteiger charge is 2.21. The molecule has 0 aliphatic heterocycles. The Hall–Kier alpha value is -2.95. The van der Waals surface area contributed by atoms with Gasteiger partial charge in [-0.15, -0.1) is 0 Å². The first-order valence-electron chi connectivity index (χ1n) is 8.18. The van der Waals surface area contributed by atoms with E-state index in [4.69, 9.17) is 9.47 Å². The van der Waals surface area contributed by atoms with E-state index < -0.39 is 17.5 Å². The summed E-state index contributed by atoms with van der Waals surface area (Å²) in [4.78, 5) is 36.0.